The Balaban J connectivity index is 2.25. The molecule has 15 heavy (non-hydrogen) atoms. The van der Waals surface area contributed by atoms with Crippen LogP contribution in [0.1, 0.15) is 36.7 Å². The van der Waals surface area contributed by atoms with E-state index in [4.69, 9.17) is 0 Å². The lowest BCUT2D eigenvalue weighted by molar-refractivity contribution is 0.591. The number of sulfone groups is 1. The first-order valence-electron chi connectivity index (χ1n) is 5.38. The second kappa shape index (κ2) is 3.96. The van der Waals surface area contributed by atoms with Crippen LogP contribution in [0.4, 0.5) is 0 Å². The van der Waals surface area contributed by atoms with Gasteiger partial charge in [0.05, 0.1) is 17.2 Å². The molecule has 1 aromatic rings. The van der Waals surface area contributed by atoms with Crippen molar-refractivity contribution in [1.29, 1.82) is 0 Å². The van der Waals surface area contributed by atoms with Crippen LogP contribution in [0.2, 0.25) is 0 Å². The third-order valence-electron chi connectivity index (χ3n) is 2.83. The van der Waals surface area contributed by atoms with Crippen LogP contribution in [0.5, 0.6) is 0 Å². The highest BCUT2D eigenvalue weighted by Gasteiger charge is 2.25. The predicted molar refractivity (Wildman–Crippen MR) is 58.4 cm³/mol. The van der Waals surface area contributed by atoms with Crippen molar-refractivity contribution < 1.29 is 8.42 Å². The maximum absolute atomic E-state index is 11.5. The van der Waals surface area contributed by atoms with Crippen LogP contribution in [-0.2, 0) is 28.4 Å². The summed E-state index contributed by atoms with van der Waals surface area (Å²) in [6, 6.07) is 0. The molecule has 0 spiro atoms. The van der Waals surface area contributed by atoms with E-state index in [-0.39, 0.29) is 11.5 Å². The molecule has 0 bridgehead atoms. The van der Waals surface area contributed by atoms with Crippen molar-refractivity contribution >= 4 is 9.84 Å². The maximum atomic E-state index is 11.5. The molecule has 0 aromatic carbocycles. The number of fused-ring (bicyclic) bond motifs is 1. The zero-order valence-electron chi connectivity index (χ0n) is 8.91. The topological polar surface area (TPSA) is 62.8 Å². The second-order valence-electron chi connectivity index (χ2n) is 4.07. The van der Waals surface area contributed by atoms with Crippen molar-refractivity contribution in [2.45, 2.75) is 38.4 Å². The monoisotopic (exact) mass is 228 g/mol. The number of aromatic nitrogens is 2. The fraction of sp³-hybridized carbons (Fsp3) is 0.700. The number of hydrogen-bond acceptors (Lipinski definition) is 3. The molecule has 2 rings (SSSR count). The second-order valence-corrected chi connectivity index (χ2v) is 6.26. The molecule has 5 heteroatoms. The molecule has 0 aliphatic carbocycles. The van der Waals surface area contributed by atoms with E-state index in [1.54, 1.807) is 0 Å². The summed E-state index contributed by atoms with van der Waals surface area (Å²) in [5.74, 6) is 0.438. The van der Waals surface area contributed by atoms with Gasteiger partial charge in [0.2, 0.25) is 0 Å². The zero-order valence-corrected chi connectivity index (χ0v) is 9.73. The molecule has 0 atom stereocenters. The van der Waals surface area contributed by atoms with E-state index in [9.17, 15) is 8.42 Å². The molecule has 1 aromatic heterocycles. The largest absolute Gasteiger partial charge is 0.282 e. The van der Waals surface area contributed by atoms with Gasteiger partial charge in [-0.05, 0) is 12.8 Å². The lowest BCUT2D eigenvalue weighted by Gasteiger charge is -2.12. The van der Waals surface area contributed by atoms with Crippen LogP contribution >= 0.6 is 0 Å². The third kappa shape index (κ3) is 2.22. The van der Waals surface area contributed by atoms with Crippen molar-refractivity contribution in [3.8, 4) is 0 Å². The predicted octanol–water partition coefficient (Wildman–Crippen LogP) is 1.22. The van der Waals surface area contributed by atoms with Crippen LogP contribution in [-0.4, -0.2) is 24.4 Å². The number of aromatic amines is 1. The van der Waals surface area contributed by atoms with Gasteiger partial charge in [0.1, 0.15) is 0 Å². The Bertz CT molecular complexity index is 448. The third-order valence-corrected chi connectivity index (χ3v) is 4.39. The average molecular weight is 228 g/mol. The van der Waals surface area contributed by atoms with Crippen LogP contribution in [0.3, 0.4) is 0 Å². The summed E-state index contributed by atoms with van der Waals surface area (Å²) in [5, 5.41) is 7.17. The molecule has 0 amide bonds. The Morgan fingerprint density at radius 2 is 2.27 bits per heavy atom. The molecule has 2 heterocycles. The van der Waals surface area contributed by atoms with Gasteiger partial charge in [-0.15, -0.1) is 0 Å². The van der Waals surface area contributed by atoms with Gasteiger partial charge in [0.15, 0.2) is 9.84 Å². The van der Waals surface area contributed by atoms with Crippen LogP contribution < -0.4 is 0 Å². The Morgan fingerprint density at radius 3 is 3.00 bits per heavy atom. The first-order valence-corrected chi connectivity index (χ1v) is 7.20. The number of nitrogens with zero attached hydrogens (tertiary/aromatic N) is 1. The fourth-order valence-corrected chi connectivity index (χ4v) is 3.36. The molecule has 1 aliphatic rings. The summed E-state index contributed by atoms with van der Waals surface area (Å²) in [6.07, 6.45) is 3.65. The minimum Gasteiger partial charge on any atom is -0.282 e. The lowest BCUT2D eigenvalue weighted by Crippen LogP contribution is -2.19. The highest BCUT2D eigenvalue weighted by Crippen LogP contribution is 2.22. The van der Waals surface area contributed by atoms with Crippen LogP contribution in [0.25, 0.3) is 0 Å². The van der Waals surface area contributed by atoms with E-state index >= 15 is 0 Å². The van der Waals surface area contributed by atoms with Crippen molar-refractivity contribution in [1.82, 2.24) is 10.2 Å². The number of aryl methyl sites for hydroxylation is 2. The Hall–Kier alpha value is -0.840. The summed E-state index contributed by atoms with van der Waals surface area (Å²) >= 11 is 0. The lowest BCUT2D eigenvalue weighted by atomic mass is 10.1. The summed E-state index contributed by atoms with van der Waals surface area (Å²) in [7, 11) is -2.87. The van der Waals surface area contributed by atoms with Gasteiger partial charge in [-0.2, -0.15) is 5.10 Å². The summed E-state index contributed by atoms with van der Waals surface area (Å²) in [5.41, 5.74) is 2.92. The Morgan fingerprint density at radius 1 is 1.47 bits per heavy atom. The van der Waals surface area contributed by atoms with E-state index in [2.05, 4.69) is 17.1 Å². The fourth-order valence-electron chi connectivity index (χ4n) is 1.92. The van der Waals surface area contributed by atoms with E-state index in [1.165, 1.54) is 0 Å². The zero-order chi connectivity index (χ0) is 10.9. The van der Waals surface area contributed by atoms with Gasteiger partial charge in [0.25, 0.3) is 0 Å². The van der Waals surface area contributed by atoms with Gasteiger partial charge >= 0.3 is 0 Å². The normalized spacial score (nSPS) is 18.7. The number of hydrogen-bond donors (Lipinski definition) is 1. The molecule has 1 aliphatic heterocycles. The molecule has 0 saturated heterocycles. The Kier molecular flexibility index (Phi) is 2.82. The number of nitrogens with one attached hydrogen (secondary N) is 1. The minimum atomic E-state index is -2.87. The first-order chi connectivity index (χ1) is 7.12. The van der Waals surface area contributed by atoms with E-state index in [1.807, 2.05) is 0 Å². The molecule has 84 valence electrons. The molecular weight excluding hydrogens is 212 g/mol. The summed E-state index contributed by atoms with van der Waals surface area (Å²) in [4.78, 5) is 0. The van der Waals surface area contributed by atoms with Gasteiger partial charge in [-0.3, -0.25) is 5.10 Å². The number of unbranched alkanes of at least 4 members (excludes halogenated alkanes) is 1. The molecule has 0 saturated carbocycles. The molecule has 0 fully saturated rings. The minimum absolute atomic E-state index is 0.178. The quantitative estimate of drug-likeness (QED) is 0.846. The highest BCUT2D eigenvalue weighted by molar-refractivity contribution is 7.90. The smallest absolute Gasteiger partial charge is 0.154 e. The van der Waals surface area contributed by atoms with E-state index < -0.39 is 9.84 Å². The van der Waals surface area contributed by atoms with Gasteiger partial charge < -0.3 is 0 Å². The van der Waals surface area contributed by atoms with Crippen molar-refractivity contribution in [2.75, 3.05) is 5.75 Å². The molecule has 0 radical (unpaired) electrons. The summed E-state index contributed by atoms with van der Waals surface area (Å²) < 4.78 is 23.0. The number of H-pyrrole nitrogens is 1. The van der Waals surface area contributed by atoms with E-state index in [0.717, 1.165) is 36.2 Å². The SMILES string of the molecule is CCCCc1n[nH]c2c1CS(=O)(=O)CC2. The van der Waals surface area contributed by atoms with Crippen LogP contribution in [0.15, 0.2) is 0 Å². The van der Waals surface area contributed by atoms with Gasteiger partial charge in [-0.1, -0.05) is 13.3 Å². The highest BCUT2D eigenvalue weighted by atomic mass is 32.2. The van der Waals surface area contributed by atoms with Crippen LogP contribution in [0, 0.1) is 0 Å². The van der Waals surface area contributed by atoms with Crippen molar-refractivity contribution in [2.24, 2.45) is 0 Å². The standard InChI is InChI=1S/C10H16N2O2S/c1-2-3-4-9-8-7-15(13,14)6-5-10(8)12-11-9/h2-7H2,1H3,(H,11,12). The molecule has 1 N–H and O–H groups in total. The average Bonchev–Trinajstić information content (AvgIpc) is 2.56. The van der Waals surface area contributed by atoms with Crippen molar-refractivity contribution in [3.05, 3.63) is 17.0 Å². The Labute approximate surface area is 90.0 Å². The number of rotatable bonds is 3. The van der Waals surface area contributed by atoms with Crippen molar-refractivity contribution in [3.63, 3.8) is 0 Å². The molecule has 4 nitrogen and oxygen atoms in total. The maximum Gasteiger partial charge on any atom is 0.154 e. The van der Waals surface area contributed by atoms with E-state index in [0.29, 0.717) is 6.42 Å². The molecule has 0 unspecified atom stereocenters. The molecular formula is C10H16N2O2S. The van der Waals surface area contributed by atoms with Gasteiger partial charge in [0, 0.05) is 17.7 Å². The van der Waals surface area contributed by atoms with Gasteiger partial charge in [-0.25, -0.2) is 8.42 Å². The summed E-state index contributed by atoms with van der Waals surface area (Å²) in [6.45, 7) is 2.12. The first kappa shape index (κ1) is 10.7.